The maximum atomic E-state index is 12.3. The van der Waals surface area contributed by atoms with Gasteiger partial charge in [-0.05, 0) is 36.4 Å². The molecule has 0 spiro atoms. The zero-order chi connectivity index (χ0) is 24.1. The van der Waals surface area contributed by atoms with E-state index in [1.165, 1.54) is 24.3 Å². The molecule has 0 atom stereocenters. The second kappa shape index (κ2) is 9.96. The van der Waals surface area contributed by atoms with Gasteiger partial charge in [-0.1, -0.05) is 12.1 Å². The SMILES string of the molecule is O=C(/C=C/c1ccc(-c2ccccc2[N+](=O)[O-])o1)Nc1ccc(N2CCOCC2)c([N+](=O)[O-])c1. The van der Waals surface area contributed by atoms with E-state index in [-0.39, 0.29) is 17.1 Å². The Balaban J connectivity index is 1.46. The minimum atomic E-state index is -0.517. The zero-order valence-electron chi connectivity index (χ0n) is 17.9. The Morgan fingerprint density at radius 3 is 2.44 bits per heavy atom. The number of nitro benzene ring substituents is 2. The van der Waals surface area contributed by atoms with E-state index in [0.29, 0.717) is 49.1 Å². The molecule has 1 saturated heterocycles. The number of hydrogen-bond donors (Lipinski definition) is 1. The Labute approximate surface area is 193 Å². The predicted molar refractivity (Wildman–Crippen MR) is 125 cm³/mol. The van der Waals surface area contributed by atoms with Gasteiger partial charge in [-0.3, -0.25) is 25.0 Å². The fraction of sp³-hybridized carbons (Fsp3) is 0.174. The molecule has 0 unspecified atom stereocenters. The van der Waals surface area contributed by atoms with Crippen LogP contribution < -0.4 is 10.2 Å². The van der Waals surface area contributed by atoms with Crippen molar-refractivity contribution in [3.63, 3.8) is 0 Å². The van der Waals surface area contributed by atoms with Crippen LogP contribution in [0.3, 0.4) is 0 Å². The number of rotatable bonds is 7. The summed E-state index contributed by atoms with van der Waals surface area (Å²) in [5.41, 5.74) is 0.874. The van der Waals surface area contributed by atoms with Gasteiger partial charge in [0.2, 0.25) is 5.91 Å². The van der Waals surface area contributed by atoms with Gasteiger partial charge < -0.3 is 19.4 Å². The van der Waals surface area contributed by atoms with Gasteiger partial charge in [0.1, 0.15) is 17.2 Å². The average molecular weight is 464 g/mol. The first-order chi connectivity index (χ1) is 16.4. The monoisotopic (exact) mass is 464 g/mol. The number of nitrogens with one attached hydrogen (secondary N) is 1. The van der Waals surface area contributed by atoms with Crippen molar-refractivity contribution in [3.05, 3.63) is 86.7 Å². The molecule has 0 saturated carbocycles. The number of nitrogens with zero attached hydrogens (tertiary/aromatic N) is 3. The summed E-state index contributed by atoms with van der Waals surface area (Å²) in [5.74, 6) is 0.0932. The van der Waals surface area contributed by atoms with Gasteiger partial charge in [0.05, 0.1) is 28.6 Å². The molecule has 34 heavy (non-hydrogen) atoms. The van der Waals surface area contributed by atoms with Gasteiger partial charge in [0, 0.05) is 37.0 Å². The van der Waals surface area contributed by atoms with Crippen LogP contribution in [0.1, 0.15) is 5.76 Å². The molecule has 1 N–H and O–H groups in total. The van der Waals surface area contributed by atoms with Crippen molar-refractivity contribution >= 4 is 34.7 Å². The number of nitro groups is 2. The fourth-order valence-electron chi connectivity index (χ4n) is 3.59. The molecule has 11 heteroatoms. The molecule has 2 aromatic carbocycles. The molecule has 0 aliphatic carbocycles. The summed E-state index contributed by atoms with van der Waals surface area (Å²) in [4.78, 5) is 36.0. The average Bonchev–Trinajstić information content (AvgIpc) is 3.32. The number of furan rings is 1. The molecule has 3 aromatic rings. The molecule has 1 fully saturated rings. The van der Waals surface area contributed by atoms with E-state index in [1.807, 2.05) is 4.90 Å². The second-order valence-corrected chi connectivity index (χ2v) is 7.36. The molecule has 1 aliphatic rings. The predicted octanol–water partition coefficient (Wildman–Crippen LogP) is 4.25. The summed E-state index contributed by atoms with van der Waals surface area (Å²) in [5, 5.41) is 25.4. The van der Waals surface area contributed by atoms with Crippen LogP contribution >= 0.6 is 0 Å². The highest BCUT2D eigenvalue weighted by Crippen LogP contribution is 2.32. The number of ether oxygens (including phenoxy) is 1. The Morgan fingerprint density at radius 1 is 0.971 bits per heavy atom. The van der Waals surface area contributed by atoms with Crippen molar-refractivity contribution in [2.45, 2.75) is 0 Å². The molecule has 4 rings (SSSR count). The minimum absolute atomic E-state index is 0.0905. The zero-order valence-corrected chi connectivity index (χ0v) is 17.9. The third-order valence-electron chi connectivity index (χ3n) is 5.18. The van der Waals surface area contributed by atoms with E-state index in [1.54, 1.807) is 42.5 Å². The summed E-state index contributed by atoms with van der Waals surface area (Å²) in [6.45, 7) is 2.08. The van der Waals surface area contributed by atoms with Crippen molar-refractivity contribution in [1.82, 2.24) is 0 Å². The van der Waals surface area contributed by atoms with E-state index < -0.39 is 15.8 Å². The first-order valence-electron chi connectivity index (χ1n) is 10.4. The van der Waals surface area contributed by atoms with Gasteiger partial charge in [-0.25, -0.2) is 0 Å². The molecule has 0 radical (unpaired) electrons. The maximum Gasteiger partial charge on any atom is 0.294 e. The van der Waals surface area contributed by atoms with E-state index >= 15 is 0 Å². The lowest BCUT2D eigenvalue weighted by molar-refractivity contribution is -0.384. The van der Waals surface area contributed by atoms with Crippen molar-refractivity contribution in [3.8, 4) is 11.3 Å². The van der Waals surface area contributed by atoms with Crippen molar-refractivity contribution < 1.29 is 23.8 Å². The van der Waals surface area contributed by atoms with E-state index in [9.17, 15) is 25.0 Å². The summed E-state index contributed by atoms with van der Waals surface area (Å²) < 4.78 is 10.9. The number of carbonyl (C=O) groups excluding carboxylic acids is 1. The van der Waals surface area contributed by atoms with Gasteiger partial charge in [0.25, 0.3) is 11.4 Å². The normalized spacial score (nSPS) is 13.7. The Morgan fingerprint density at radius 2 is 1.71 bits per heavy atom. The van der Waals surface area contributed by atoms with E-state index in [2.05, 4.69) is 5.32 Å². The van der Waals surface area contributed by atoms with Gasteiger partial charge in [-0.2, -0.15) is 0 Å². The Bertz CT molecular complexity index is 1260. The maximum absolute atomic E-state index is 12.3. The van der Waals surface area contributed by atoms with Crippen molar-refractivity contribution in [2.75, 3.05) is 36.5 Å². The van der Waals surface area contributed by atoms with Crippen molar-refractivity contribution in [2.24, 2.45) is 0 Å². The largest absolute Gasteiger partial charge is 0.456 e. The quantitative estimate of drug-likeness (QED) is 0.311. The number of morpholine rings is 1. The topological polar surface area (TPSA) is 141 Å². The molecule has 1 aliphatic heterocycles. The van der Waals surface area contributed by atoms with Gasteiger partial charge >= 0.3 is 0 Å². The number of benzene rings is 2. The first kappa shape index (κ1) is 22.7. The first-order valence-corrected chi connectivity index (χ1v) is 10.4. The lowest BCUT2D eigenvalue weighted by atomic mass is 10.1. The molecule has 11 nitrogen and oxygen atoms in total. The van der Waals surface area contributed by atoms with E-state index in [4.69, 9.17) is 9.15 Å². The summed E-state index contributed by atoms with van der Waals surface area (Å²) in [6, 6.07) is 13.9. The fourth-order valence-corrected chi connectivity index (χ4v) is 3.59. The lowest BCUT2D eigenvalue weighted by Gasteiger charge is -2.28. The minimum Gasteiger partial charge on any atom is -0.456 e. The Kier molecular flexibility index (Phi) is 6.64. The molecule has 0 bridgehead atoms. The second-order valence-electron chi connectivity index (χ2n) is 7.36. The molecule has 2 heterocycles. The Hall–Kier alpha value is -4.51. The summed E-state index contributed by atoms with van der Waals surface area (Å²) >= 11 is 0. The van der Waals surface area contributed by atoms with Gasteiger partial charge in [-0.15, -0.1) is 0 Å². The summed E-state index contributed by atoms with van der Waals surface area (Å²) in [7, 11) is 0. The third-order valence-corrected chi connectivity index (χ3v) is 5.18. The van der Waals surface area contributed by atoms with Crippen LogP contribution in [-0.4, -0.2) is 42.1 Å². The summed E-state index contributed by atoms with van der Waals surface area (Å²) in [6.07, 6.45) is 2.62. The highest BCUT2D eigenvalue weighted by molar-refractivity contribution is 6.02. The molecular weight excluding hydrogens is 444 g/mol. The standard InChI is InChI=1S/C23H20N4O7/c28-23(10-7-17-6-9-22(34-17)18-3-1-2-4-19(18)26(29)30)24-16-5-8-20(21(15-16)27(31)32)25-11-13-33-14-12-25/h1-10,15H,11-14H2,(H,24,28)/b10-7+. The van der Waals surface area contributed by atoms with Crippen molar-refractivity contribution in [1.29, 1.82) is 0 Å². The van der Waals surface area contributed by atoms with Crippen LogP contribution in [0.5, 0.6) is 0 Å². The number of anilines is 2. The number of amides is 1. The van der Waals surface area contributed by atoms with Crippen LogP contribution in [0.25, 0.3) is 17.4 Å². The number of hydrogen-bond acceptors (Lipinski definition) is 8. The highest BCUT2D eigenvalue weighted by atomic mass is 16.6. The van der Waals surface area contributed by atoms with Crippen LogP contribution in [0, 0.1) is 20.2 Å². The third kappa shape index (κ3) is 5.10. The lowest BCUT2D eigenvalue weighted by Crippen LogP contribution is -2.36. The van der Waals surface area contributed by atoms with Gasteiger partial charge in [0.15, 0.2) is 0 Å². The van der Waals surface area contributed by atoms with Crippen LogP contribution in [0.2, 0.25) is 0 Å². The number of carbonyl (C=O) groups is 1. The highest BCUT2D eigenvalue weighted by Gasteiger charge is 2.22. The van der Waals surface area contributed by atoms with Crippen LogP contribution in [0.15, 0.2) is 65.1 Å². The van der Waals surface area contributed by atoms with Crippen LogP contribution in [0.4, 0.5) is 22.7 Å². The molecule has 174 valence electrons. The van der Waals surface area contributed by atoms with Crippen LogP contribution in [-0.2, 0) is 9.53 Å². The molecule has 1 aromatic heterocycles. The van der Waals surface area contributed by atoms with E-state index in [0.717, 1.165) is 0 Å². The number of para-hydroxylation sites is 1. The molecular formula is C23H20N4O7. The molecule has 1 amide bonds. The smallest absolute Gasteiger partial charge is 0.294 e.